The van der Waals surface area contributed by atoms with Gasteiger partial charge in [0.05, 0.1) is 24.5 Å². The van der Waals surface area contributed by atoms with Gasteiger partial charge in [0.25, 0.3) is 5.91 Å². The number of anilines is 1. The van der Waals surface area contributed by atoms with E-state index in [1.54, 1.807) is 29.4 Å². The highest BCUT2D eigenvalue weighted by molar-refractivity contribution is 6.31. The highest BCUT2D eigenvalue weighted by atomic mass is 35.5. The number of pyridine rings is 1. The van der Waals surface area contributed by atoms with Gasteiger partial charge in [-0.2, -0.15) is 0 Å². The lowest BCUT2D eigenvalue weighted by Crippen LogP contribution is -2.26. The molecule has 0 radical (unpaired) electrons. The molecule has 2 amide bonds. The molecule has 1 aromatic heterocycles. The monoisotopic (exact) mass is 341 g/mol. The first kappa shape index (κ1) is 15.1. The van der Waals surface area contributed by atoms with Crippen LogP contribution in [0.5, 0.6) is 0 Å². The van der Waals surface area contributed by atoms with Gasteiger partial charge >= 0.3 is 0 Å². The Kier molecular flexibility index (Phi) is 3.53. The van der Waals surface area contributed by atoms with Crippen LogP contribution in [0.25, 0.3) is 0 Å². The van der Waals surface area contributed by atoms with Gasteiger partial charge in [-0.15, -0.1) is 0 Å². The zero-order valence-corrected chi connectivity index (χ0v) is 13.9. The van der Waals surface area contributed by atoms with E-state index in [-0.39, 0.29) is 17.9 Å². The Morgan fingerprint density at radius 2 is 2.21 bits per heavy atom. The van der Waals surface area contributed by atoms with Crippen LogP contribution >= 0.6 is 11.6 Å². The van der Waals surface area contributed by atoms with Crippen molar-refractivity contribution in [2.24, 2.45) is 0 Å². The van der Waals surface area contributed by atoms with Crippen LogP contribution in [0.15, 0.2) is 30.6 Å². The SMILES string of the molecule is CC(=O)NC1CCc2c1cncc2N1Cc2cc(Cl)ccc2C1=O. The summed E-state index contributed by atoms with van der Waals surface area (Å²) in [6, 6.07) is 5.32. The van der Waals surface area contributed by atoms with E-state index in [0.29, 0.717) is 17.1 Å². The Morgan fingerprint density at radius 3 is 3.00 bits per heavy atom. The number of amides is 2. The predicted molar refractivity (Wildman–Crippen MR) is 91.1 cm³/mol. The molecule has 0 saturated heterocycles. The maximum absolute atomic E-state index is 12.8. The van der Waals surface area contributed by atoms with Crippen LogP contribution in [0.4, 0.5) is 5.69 Å². The molecule has 5 nitrogen and oxygen atoms in total. The highest BCUT2D eigenvalue weighted by Gasteiger charge is 2.33. The molecule has 2 aromatic rings. The third-order valence-electron chi connectivity index (χ3n) is 4.67. The fourth-order valence-electron chi connectivity index (χ4n) is 3.62. The third kappa shape index (κ3) is 2.36. The van der Waals surface area contributed by atoms with Crippen molar-refractivity contribution in [1.82, 2.24) is 10.3 Å². The summed E-state index contributed by atoms with van der Waals surface area (Å²) in [4.78, 5) is 30.2. The first-order valence-corrected chi connectivity index (χ1v) is 8.26. The van der Waals surface area contributed by atoms with Crippen molar-refractivity contribution in [2.45, 2.75) is 32.4 Å². The standard InChI is InChI=1S/C18H16ClN3O2/c1-10(23)21-16-5-4-14-15(16)7-20-8-17(14)22-9-11-6-12(19)2-3-13(11)18(22)24/h2-3,6-8,16H,4-5,9H2,1H3,(H,21,23). The molecule has 0 spiro atoms. The Bertz CT molecular complexity index is 865. The Morgan fingerprint density at radius 1 is 1.38 bits per heavy atom. The van der Waals surface area contributed by atoms with E-state index in [0.717, 1.165) is 35.2 Å². The minimum absolute atomic E-state index is 0.0279. The Balaban J connectivity index is 1.71. The van der Waals surface area contributed by atoms with Crippen molar-refractivity contribution in [2.75, 3.05) is 4.90 Å². The number of benzene rings is 1. The lowest BCUT2D eigenvalue weighted by atomic mass is 10.1. The molecule has 2 aliphatic rings. The number of fused-ring (bicyclic) bond motifs is 2. The van der Waals surface area contributed by atoms with Crippen molar-refractivity contribution in [3.05, 3.63) is 57.9 Å². The molecular weight excluding hydrogens is 326 g/mol. The van der Waals surface area contributed by atoms with E-state index in [4.69, 9.17) is 11.6 Å². The number of aromatic nitrogens is 1. The minimum Gasteiger partial charge on any atom is -0.349 e. The van der Waals surface area contributed by atoms with Crippen LogP contribution in [0, 0.1) is 0 Å². The summed E-state index contributed by atoms with van der Waals surface area (Å²) in [6.45, 7) is 2.01. The molecule has 6 heteroatoms. The number of carbonyl (C=O) groups is 2. The molecule has 4 rings (SSSR count). The zero-order valence-electron chi connectivity index (χ0n) is 13.2. The number of halogens is 1. The lowest BCUT2D eigenvalue weighted by molar-refractivity contribution is -0.119. The van der Waals surface area contributed by atoms with Crippen LogP contribution < -0.4 is 10.2 Å². The van der Waals surface area contributed by atoms with E-state index in [2.05, 4.69) is 10.3 Å². The van der Waals surface area contributed by atoms with Gasteiger partial charge in [0.1, 0.15) is 0 Å². The normalized spacial score (nSPS) is 18.5. The van der Waals surface area contributed by atoms with Crippen LogP contribution in [0.2, 0.25) is 5.02 Å². The molecule has 1 N–H and O–H groups in total. The van der Waals surface area contributed by atoms with Gasteiger partial charge < -0.3 is 10.2 Å². The molecule has 0 saturated carbocycles. The first-order valence-electron chi connectivity index (χ1n) is 7.89. The summed E-state index contributed by atoms with van der Waals surface area (Å²) in [7, 11) is 0. The molecule has 0 fully saturated rings. The number of carbonyl (C=O) groups excluding carboxylic acids is 2. The number of nitrogens with one attached hydrogen (secondary N) is 1. The van der Waals surface area contributed by atoms with Crippen molar-refractivity contribution >= 4 is 29.1 Å². The summed E-state index contributed by atoms with van der Waals surface area (Å²) in [5, 5.41) is 3.58. The van der Waals surface area contributed by atoms with Crippen LogP contribution in [0.1, 0.15) is 46.4 Å². The summed E-state index contributed by atoms with van der Waals surface area (Å²) in [6.07, 6.45) is 5.17. The van der Waals surface area contributed by atoms with Gasteiger partial charge in [-0.05, 0) is 47.7 Å². The molecule has 1 aliphatic heterocycles. The van der Waals surface area contributed by atoms with E-state index < -0.39 is 0 Å². The fraction of sp³-hybridized carbons (Fsp3) is 0.278. The maximum atomic E-state index is 12.8. The minimum atomic E-state index is -0.0578. The Labute approximate surface area is 144 Å². The molecule has 122 valence electrons. The quantitative estimate of drug-likeness (QED) is 0.913. The van der Waals surface area contributed by atoms with E-state index in [1.165, 1.54) is 6.92 Å². The molecule has 2 heterocycles. The molecule has 1 unspecified atom stereocenters. The summed E-state index contributed by atoms with van der Waals surface area (Å²) >= 11 is 6.04. The predicted octanol–water partition coefficient (Wildman–Crippen LogP) is 3.02. The van der Waals surface area contributed by atoms with Gasteiger partial charge in [0.15, 0.2) is 0 Å². The van der Waals surface area contributed by atoms with Gasteiger partial charge in [-0.3, -0.25) is 14.6 Å². The van der Waals surface area contributed by atoms with Gasteiger partial charge in [0.2, 0.25) is 5.91 Å². The number of nitrogens with zero attached hydrogens (tertiary/aromatic N) is 2. The molecule has 1 aliphatic carbocycles. The average Bonchev–Trinajstić information content (AvgIpc) is 3.08. The fourth-order valence-corrected chi connectivity index (χ4v) is 3.82. The molecule has 24 heavy (non-hydrogen) atoms. The van der Waals surface area contributed by atoms with Crippen molar-refractivity contribution < 1.29 is 9.59 Å². The maximum Gasteiger partial charge on any atom is 0.258 e. The van der Waals surface area contributed by atoms with Crippen molar-refractivity contribution in [1.29, 1.82) is 0 Å². The smallest absolute Gasteiger partial charge is 0.258 e. The van der Waals surface area contributed by atoms with Crippen molar-refractivity contribution in [3.63, 3.8) is 0 Å². The largest absolute Gasteiger partial charge is 0.349 e. The topological polar surface area (TPSA) is 62.3 Å². The van der Waals surface area contributed by atoms with E-state index in [9.17, 15) is 9.59 Å². The van der Waals surface area contributed by atoms with Crippen molar-refractivity contribution in [3.8, 4) is 0 Å². The third-order valence-corrected chi connectivity index (χ3v) is 4.90. The van der Waals surface area contributed by atoms with Crippen LogP contribution in [-0.4, -0.2) is 16.8 Å². The molecular formula is C18H16ClN3O2. The molecule has 0 bridgehead atoms. The number of rotatable bonds is 2. The second-order valence-corrected chi connectivity index (χ2v) is 6.65. The van der Waals surface area contributed by atoms with Gasteiger partial charge in [-0.1, -0.05) is 11.6 Å². The van der Waals surface area contributed by atoms with Crippen LogP contribution in [0.3, 0.4) is 0 Å². The number of hydrogen-bond acceptors (Lipinski definition) is 3. The summed E-state index contributed by atoms with van der Waals surface area (Å²) in [5.74, 6) is -0.0857. The average molecular weight is 342 g/mol. The molecule has 1 atom stereocenters. The summed E-state index contributed by atoms with van der Waals surface area (Å²) in [5.41, 5.74) is 4.55. The number of hydrogen-bond donors (Lipinski definition) is 1. The lowest BCUT2D eigenvalue weighted by Gasteiger charge is -2.19. The zero-order chi connectivity index (χ0) is 16.8. The van der Waals surface area contributed by atoms with Gasteiger partial charge in [-0.25, -0.2) is 0 Å². The van der Waals surface area contributed by atoms with E-state index in [1.807, 2.05) is 6.07 Å². The van der Waals surface area contributed by atoms with Crippen LogP contribution in [-0.2, 0) is 17.8 Å². The summed E-state index contributed by atoms with van der Waals surface area (Å²) < 4.78 is 0. The second kappa shape index (κ2) is 5.60. The highest BCUT2D eigenvalue weighted by Crippen LogP contribution is 2.39. The van der Waals surface area contributed by atoms with E-state index >= 15 is 0 Å². The Hall–Kier alpha value is -2.40. The first-order chi connectivity index (χ1) is 11.5. The van der Waals surface area contributed by atoms with Gasteiger partial charge in [0, 0.05) is 23.7 Å². The molecule has 1 aromatic carbocycles. The second-order valence-electron chi connectivity index (χ2n) is 6.21.